The summed E-state index contributed by atoms with van der Waals surface area (Å²) < 4.78 is 12.4. The number of carboxylic acids is 1. The molecular weight excluding hydrogens is 272 g/mol. The van der Waals surface area contributed by atoms with Gasteiger partial charge in [-0.05, 0) is 42.2 Å². The van der Waals surface area contributed by atoms with Crippen LogP contribution in [0.4, 0.5) is 0 Å². The van der Waals surface area contributed by atoms with Crippen LogP contribution in [0, 0.1) is 5.92 Å². The van der Waals surface area contributed by atoms with Crippen molar-refractivity contribution in [2.24, 2.45) is 5.92 Å². The molecule has 0 saturated heterocycles. The zero-order chi connectivity index (χ0) is 14.7. The monoisotopic (exact) mass is 294 g/mol. The zero-order valence-corrected chi connectivity index (χ0v) is 12.9. The van der Waals surface area contributed by atoms with E-state index in [0.29, 0.717) is 5.75 Å². The van der Waals surface area contributed by atoms with Crippen LogP contribution in [0.15, 0.2) is 24.3 Å². The molecule has 2 rings (SSSR count). The molecule has 3 unspecified atom stereocenters. The highest BCUT2D eigenvalue weighted by molar-refractivity contribution is 7.86. The zero-order valence-electron chi connectivity index (χ0n) is 12.0. The van der Waals surface area contributed by atoms with Crippen LogP contribution in [0.25, 0.3) is 0 Å². The Kier molecular flexibility index (Phi) is 4.97. The van der Waals surface area contributed by atoms with Crippen LogP contribution in [-0.4, -0.2) is 26.3 Å². The molecule has 0 aromatic heterocycles. The van der Waals surface area contributed by atoms with E-state index >= 15 is 0 Å². The molecular formula is C16H22O3S. The average molecular weight is 294 g/mol. The predicted octanol–water partition coefficient (Wildman–Crippen LogP) is 2.96. The molecule has 3 atom stereocenters. The summed E-state index contributed by atoms with van der Waals surface area (Å²) in [6, 6.07) is 8.27. The molecule has 0 radical (unpaired) electrons. The molecule has 1 N–H and O–H groups in total. The van der Waals surface area contributed by atoms with Gasteiger partial charge in [-0.15, -0.1) is 0 Å². The lowest BCUT2D eigenvalue weighted by Gasteiger charge is -2.26. The van der Waals surface area contributed by atoms with Crippen LogP contribution in [-0.2, 0) is 22.0 Å². The number of carbonyl (C=O) groups is 1. The largest absolute Gasteiger partial charge is 0.480 e. The summed E-state index contributed by atoms with van der Waals surface area (Å²) in [5.41, 5.74) is 2.59. The van der Waals surface area contributed by atoms with E-state index in [9.17, 15) is 14.1 Å². The Labute approximate surface area is 122 Å². The van der Waals surface area contributed by atoms with Crippen LogP contribution >= 0.6 is 0 Å². The Hall–Kier alpha value is -1.16. The molecule has 4 heteroatoms. The molecule has 0 heterocycles. The van der Waals surface area contributed by atoms with E-state index in [4.69, 9.17) is 0 Å². The normalized spacial score (nSPS) is 21.2. The fourth-order valence-electron chi connectivity index (χ4n) is 3.03. The fourth-order valence-corrected chi connectivity index (χ4v) is 4.81. The van der Waals surface area contributed by atoms with E-state index in [2.05, 4.69) is 12.1 Å². The summed E-state index contributed by atoms with van der Waals surface area (Å²) in [5, 5.41) is 8.49. The molecule has 0 aliphatic heterocycles. The number of aryl methyl sites for hydroxylation is 1. The van der Waals surface area contributed by atoms with Crippen molar-refractivity contribution in [2.45, 2.75) is 44.3 Å². The summed E-state index contributed by atoms with van der Waals surface area (Å²) in [6.07, 6.45) is 3.18. The van der Waals surface area contributed by atoms with Gasteiger partial charge in [0.2, 0.25) is 0 Å². The van der Waals surface area contributed by atoms with Crippen LogP contribution < -0.4 is 0 Å². The van der Waals surface area contributed by atoms with Crippen molar-refractivity contribution >= 4 is 16.8 Å². The maximum Gasteiger partial charge on any atom is 0.319 e. The molecule has 0 saturated carbocycles. The third-order valence-corrected chi connectivity index (χ3v) is 6.03. The minimum Gasteiger partial charge on any atom is -0.480 e. The van der Waals surface area contributed by atoms with Gasteiger partial charge in [0.05, 0.1) is 0 Å². The molecule has 0 bridgehead atoms. The van der Waals surface area contributed by atoms with Gasteiger partial charge in [-0.25, -0.2) is 0 Å². The van der Waals surface area contributed by atoms with Gasteiger partial charge < -0.3 is 5.11 Å². The first kappa shape index (κ1) is 15.2. The van der Waals surface area contributed by atoms with Crippen LogP contribution in [0.5, 0.6) is 0 Å². The predicted molar refractivity (Wildman–Crippen MR) is 81.4 cm³/mol. The Morgan fingerprint density at radius 2 is 2.10 bits per heavy atom. The van der Waals surface area contributed by atoms with E-state index in [1.807, 2.05) is 26.0 Å². The number of aliphatic carboxylic acids is 1. The van der Waals surface area contributed by atoms with Crippen molar-refractivity contribution in [3.8, 4) is 0 Å². The van der Waals surface area contributed by atoms with Gasteiger partial charge in [0.1, 0.15) is 5.25 Å². The third-order valence-electron chi connectivity index (χ3n) is 3.99. The van der Waals surface area contributed by atoms with Gasteiger partial charge in [-0.1, -0.05) is 38.1 Å². The Morgan fingerprint density at radius 3 is 2.75 bits per heavy atom. The Morgan fingerprint density at radius 1 is 1.40 bits per heavy atom. The van der Waals surface area contributed by atoms with E-state index in [-0.39, 0.29) is 11.8 Å². The second kappa shape index (κ2) is 6.53. The minimum atomic E-state index is -1.32. The summed E-state index contributed by atoms with van der Waals surface area (Å²) in [6.45, 7) is 3.65. The third kappa shape index (κ3) is 3.29. The van der Waals surface area contributed by atoms with Crippen molar-refractivity contribution in [3.63, 3.8) is 0 Å². The maximum atomic E-state index is 12.4. The average Bonchev–Trinajstić information content (AvgIpc) is 2.38. The summed E-state index contributed by atoms with van der Waals surface area (Å²) in [7, 11) is -1.32. The first-order valence-electron chi connectivity index (χ1n) is 7.18. The number of rotatable bonds is 5. The lowest BCUT2D eigenvalue weighted by Crippen LogP contribution is -2.34. The van der Waals surface area contributed by atoms with E-state index in [1.54, 1.807) is 0 Å². The van der Waals surface area contributed by atoms with E-state index in [0.717, 1.165) is 19.3 Å². The fraction of sp³-hybridized carbons (Fsp3) is 0.562. The molecule has 1 aromatic rings. The molecule has 0 amide bonds. The number of hydrogen-bond acceptors (Lipinski definition) is 2. The van der Waals surface area contributed by atoms with Crippen molar-refractivity contribution in [1.29, 1.82) is 0 Å². The molecule has 1 aliphatic carbocycles. The SMILES string of the molecule is CC(C)C(C(=O)O)S(=O)CC1CCCc2ccccc21. The number of carboxylic acid groups (broad SMARTS) is 1. The first-order chi connectivity index (χ1) is 9.50. The second-order valence-corrected chi connectivity index (χ2v) is 7.44. The molecule has 0 spiro atoms. The number of hydrogen-bond donors (Lipinski definition) is 1. The molecule has 20 heavy (non-hydrogen) atoms. The minimum absolute atomic E-state index is 0.104. The quantitative estimate of drug-likeness (QED) is 0.908. The molecule has 3 nitrogen and oxygen atoms in total. The topological polar surface area (TPSA) is 54.4 Å². The highest BCUT2D eigenvalue weighted by Crippen LogP contribution is 2.32. The second-order valence-electron chi connectivity index (χ2n) is 5.84. The standard InChI is InChI=1S/C16H22O3S/c1-11(2)15(16(17)18)20(19)10-13-8-5-7-12-6-3-4-9-14(12)13/h3-4,6,9,11,13,15H,5,7-8,10H2,1-2H3,(H,17,18). The van der Waals surface area contributed by atoms with Gasteiger partial charge in [0, 0.05) is 16.6 Å². The van der Waals surface area contributed by atoms with Crippen LogP contribution in [0.1, 0.15) is 43.7 Å². The van der Waals surface area contributed by atoms with Crippen LogP contribution in [0.2, 0.25) is 0 Å². The van der Waals surface area contributed by atoms with Gasteiger partial charge in [0.25, 0.3) is 0 Å². The molecule has 110 valence electrons. The van der Waals surface area contributed by atoms with E-state index < -0.39 is 22.0 Å². The van der Waals surface area contributed by atoms with Crippen LogP contribution in [0.3, 0.4) is 0 Å². The van der Waals surface area contributed by atoms with Crippen molar-refractivity contribution in [3.05, 3.63) is 35.4 Å². The summed E-state index contributed by atoms with van der Waals surface area (Å²) in [5.74, 6) is -0.345. The Bertz CT molecular complexity index is 510. The maximum absolute atomic E-state index is 12.4. The van der Waals surface area contributed by atoms with Gasteiger partial charge >= 0.3 is 5.97 Å². The molecule has 0 fully saturated rings. The van der Waals surface area contributed by atoms with Gasteiger partial charge in [0.15, 0.2) is 0 Å². The van der Waals surface area contributed by atoms with Gasteiger partial charge in [-0.3, -0.25) is 9.00 Å². The van der Waals surface area contributed by atoms with Crippen molar-refractivity contribution in [2.75, 3.05) is 5.75 Å². The highest BCUT2D eigenvalue weighted by Gasteiger charge is 2.31. The Balaban J connectivity index is 2.15. The molecule has 1 aromatic carbocycles. The lowest BCUT2D eigenvalue weighted by atomic mass is 9.84. The molecule has 1 aliphatic rings. The first-order valence-corrected chi connectivity index (χ1v) is 8.56. The summed E-state index contributed by atoms with van der Waals surface area (Å²) in [4.78, 5) is 11.3. The summed E-state index contributed by atoms with van der Waals surface area (Å²) >= 11 is 0. The lowest BCUT2D eigenvalue weighted by molar-refractivity contribution is -0.137. The van der Waals surface area contributed by atoms with Crippen molar-refractivity contribution < 1.29 is 14.1 Å². The smallest absolute Gasteiger partial charge is 0.319 e. The number of fused-ring (bicyclic) bond motifs is 1. The number of benzene rings is 1. The highest BCUT2D eigenvalue weighted by atomic mass is 32.2. The van der Waals surface area contributed by atoms with Crippen molar-refractivity contribution in [1.82, 2.24) is 0 Å². The van der Waals surface area contributed by atoms with E-state index in [1.165, 1.54) is 11.1 Å². The van der Waals surface area contributed by atoms with Gasteiger partial charge in [-0.2, -0.15) is 0 Å².